The van der Waals surface area contributed by atoms with Crippen LogP contribution in [0.2, 0.25) is 0 Å². The molecule has 0 fully saturated rings. The number of nitrogens with zero attached hydrogens (tertiary/aromatic N) is 2. The van der Waals surface area contributed by atoms with Crippen LogP contribution in [0.5, 0.6) is 0 Å². The molecule has 0 N–H and O–H groups in total. The fourth-order valence-corrected chi connectivity index (χ4v) is 4.80. The van der Waals surface area contributed by atoms with Gasteiger partial charge >= 0.3 is 0 Å². The fourth-order valence-electron chi connectivity index (χ4n) is 2.46. The van der Waals surface area contributed by atoms with Crippen molar-refractivity contribution in [1.29, 1.82) is 0 Å². The Labute approximate surface area is 142 Å². The van der Waals surface area contributed by atoms with Crippen molar-refractivity contribution in [2.75, 3.05) is 11.5 Å². The Morgan fingerprint density at radius 3 is 1.73 bits per heavy atom. The molecule has 2 aliphatic rings. The lowest BCUT2D eigenvalue weighted by atomic mass is 10.1. The van der Waals surface area contributed by atoms with Gasteiger partial charge in [0.1, 0.15) is 12.2 Å². The van der Waals surface area contributed by atoms with Gasteiger partial charge in [-0.1, -0.05) is 58.6 Å². The number of rotatable bonds is 11. The first kappa shape index (κ1) is 18.0. The van der Waals surface area contributed by atoms with Crippen LogP contribution in [0.4, 0.5) is 0 Å². The van der Waals surface area contributed by atoms with Crippen LogP contribution in [0, 0.1) is 0 Å². The topological polar surface area (TPSA) is 43.2 Å². The SMILES string of the molecule is CCCCC1=NOC(CSSCC2CC(CCCC)=NO2)C1. The molecule has 22 heavy (non-hydrogen) atoms. The molecule has 0 saturated heterocycles. The number of hydrogen-bond acceptors (Lipinski definition) is 6. The smallest absolute Gasteiger partial charge is 0.142 e. The van der Waals surface area contributed by atoms with E-state index < -0.39 is 0 Å². The molecule has 0 amide bonds. The van der Waals surface area contributed by atoms with Crippen molar-refractivity contribution in [1.82, 2.24) is 0 Å². The molecule has 0 saturated carbocycles. The molecule has 0 radical (unpaired) electrons. The van der Waals surface area contributed by atoms with Gasteiger partial charge in [-0.3, -0.25) is 0 Å². The second-order valence-corrected chi connectivity index (χ2v) is 8.51. The zero-order chi connectivity index (χ0) is 15.6. The summed E-state index contributed by atoms with van der Waals surface area (Å²) < 4.78 is 0. The standard InChI is InChI=1S/C16H28N2O2S2/c1-3-5-7-13-9-15(19-17-13)11-21-22-12-16-10-14(18-20-16)8-6-4-2/h15-16H,3-12H2,1-2H3. The summed E-state index contributed by atoms with van der Waals surface area (Å²) >= 11 is 0. The van der Waals surface area contributed by atoms with Crippen molar-refractivity contribution in [2.45, 2.75) is 77.4 Å². The normalized spacial score (nSPS) is 23.9. The molecule has 0 spiro atoms. The number of oxime groups is 2. The predicted molar refractivity (Wildman–Crippen MR) is 97.8 cm³/mol. The maximum Gasteiger partial charge on any atom is 0.142 e. The molecule has 0 aromatic heterocycles. The summed E-state index contributed by atoms with van der Waals surface area (Å²) in [4.78, 5) is 11.0. The summed E-state index contributed by atoms with van der Waals surface area (Å²) in [6.07, 6.45) is 9.63. The Bertz CT molecular complexity index is 352. The van der Waals surface area contributed by atoms with E-state index in [9.17, 15) is 0 Å². The van der Waals surface area contributed by atoms with Crippen LogP contribution < -0.4 is 0 Å². The van der Waals surface area contributed by atoms with Crippen LogP contribution in [0.3, 0.4) is 0 Å². The Balaban J connectivity index is 1.47. The highest BCUT2D eigenvalue weighted by atomic mass is 33.1. The highest BCUT2D eigenvalue weighted by Crippen LogP contribution is 2.29. The van der Waals surface area contributed by atoms with Crippen molar-refractivity contribution in [3.8, 4) is 0 Å². The second kappa shape index (κ2) is 10.4. The van der Waals surface area contributed by atoms with E-state index in [1.165, 1.54) is 37.1 Å². The van der Waals surface area contributed by atoms with Gasteiger partial charge in [0, 0.05) is 24.3 Å². The Hall–Kier alpha value is -0.360. The Morgan fingerprint density at radius 2 is 1.32 bits per heavy atom. The summed E-state index contributed by atoms with van der Waals surface area (Å²) in [5.74, 6) is 2.00. The van der Waals surface area contributed by atoms with E-state index in [1.54, 1.807) is 0 Å². The highest BCUT2D eigenvalue weighted by Gasteiger charge is 2.23. The summed E-state index contributed by atoms with van der Waals surface area (Å²) in [7, 11) is 3.74. The van der Waals surface area contributed by atoms with E-state index in [4.69, 9.17) is 9.68 Å². The van der Waals surface area contributed by atoms with Crippen LogP contribution >= 0.6 is 21.6 Å². The number of unbranched alkanes of at least 4 members (excludes halogenated alkanes) is 2. The van der Waals surface area contributed by atoms with Gasteiger partial charge in [-0.2, -0.15) is 0 Å². The molecular weight excluding hydrogens is 316 g/mol. The van der Waals surface area contributed by atoms with Crippen LogP contribution in [0.15, 0.2) is 10.3 Å². The first-order valence-corrected chi connectivity index (χ1v) is 11.0. The molecule has 2 atom stereocenters. The monoisotopic (exact) mass is 344 g/mol. The van der Waals surface area contributed by atoms with Gasteiger partial charge in [0.25, 0.3) is 0 Å². The van der Waals surface area contributed by atoms with Gasteiger partial charge in [-0.25, -0.2) is 0 Å². The van der Waals surface area contributed by atoms with Gasteiger partial charge in [-0.05, 0) is 25.7 Å². The Morgan fingerprint density at radius 1 is 0.864 bits per heavy atom. The minimum Gasteiger partial charge on any atom is -0.391 e. The van der Waals surface area contributed by atoms with Crippen LogP contribution in [0.25, 0.3) is 0 Å². The molecule has 0 aromatic carbocycles. The lowest BCUT2D eigenvalue weighted by Crippen LogP contribution is -2.12. The van der Waals surface area contributed by atoms with E-state index in [1.807, 2.05) is 21.6 Å². The average Bonchev–Trinajstić information content (AvgIpc) is 3.17. The first-order chi connectivity index (χ1) is 10.8. The molecule has 2 heterocycles. The maximum atomic E-state index is 5.50. The molecule has 6 heteroatoms. The minimum atomic E-state index is 0.269. The third kappa shape index (κ3) is 6.41. The van der Waals surface area contributed by atoms with Crippen LogP contribution in [-0.4, -0.2) is 35.1 Å². The molecule has 2 unspecified atom stereocenters. The highest BCUT2D eigenvalue weighted by molar-refractivity contribution is 8.76. The van der Waals surface area contributed by atoms with Gasteiger partial charge < -0.3 is 9.68 Å². The molecular formula is C16H28N2O2S2. The number of hydrogen-bond donors (Lipinski definition) is 0. The quantitative estimate of drug-likeness (QED) is 0.389. The van der Waals surface area contributed by atoms with Crippen molar-refractivity contribution in [3.63, 3.8) is 0 Å². The molecule has 126 valence electrons. The van der Waals surface area contributed by atoms with Crippen LogP contribution in [-0.2, 0) is 9.68 Å². The third-order valence-corrected chi connectivity index (χ3v) is 6.32. The minimum absolute atomic E-state index is 0.269. The Kier molecular flexibility index (Phi) is 8.52. The van der Waals surface area contributed by atoms with Crippen molar-refractivity contribution < 1.29 is 9.68 Å². The van der Waals surface area contributed by atoms with E-state index in [0.717, 1.165) is 37.2 Å². The second-order valence-electron chi connectivity index (χ2n) is 5.95. The molecule has 4 nitrogen and oxygen atoms in total. The van der Waals surface area contributed by atoms with E-state index in [0.29, 0.717) is 0 Å². The van der Waals surface area contributed by atoms with Gasteiger partial charge in [0.2, 0.25) is 0 Å². The van der Waals surface area contributed by atoms with Gasteiger partial charge in [0.15, 0.2) is 0 Å². The summed E-state index contributed by atoms with van der Waals surface area (Å²) in [6.45, 7) is 4.42. The fraction of sp³-hybridized carbons (Fsp3) is 0.875. The molecule has 2 rings (SSSR count). The van der Waals surface area contributed by atoms with Crippen molar-refractivity contribution >= 4 is 33.0 Å². The average molecular weight is 345 g/mol. The lowest BCUT2D eigenvalue weighted by molar-refractivity contribution is 0.102. The largest absolute Gasteiger partial charge is 0.391 e. The summed E-state index contributed by atoms with van der Waals surface area (Å²) in [5, 5.41) is 8.40. The predicted octanol–water partition coefficient (Wildman–Crippen LogP) is 5.04. The molecule has 0 bridgehead atoms. The van der Waals surface area contributed by atoms with Crippen molar-refractivity contribution in [3.05, 3.63) is 0 Å². The summed E-state index contributed by atoms with van der Waals surface area (Å²) in [5.41, 5.74) is 2.48. The van der Waals surface area contributed by atoms with E-state index in [-0.39, 0.29) is 12.2 Å². The third-order valence-electron chi connectivity index (χ3n) is 3.82. The summed E-state index contributed by atoms with van der Waals surface area (Å²) in [6, 6.07) is 0. The zero-order valence-electron chi connectivity index (χ0n) is 13.8. The van der Waals surface area contributed by atoms with Gasteiger partial charge in [0.05, 0.1) is 11.4 Å². The zero-order valence-corrected chi connectivity index (χ0v) is 15.4. The van der Waals surface area contributed by atoms with Crippen molar-refractivity contribution in [2.24, 2.45) is 10.3 Å². The van der Waals surface area contributed by atoms with E-state index in [2.05, 4.69) is 24.2 Å². The van der Waals surface area contributed by atoms with Gasteiger partial charge in [-0.15, -0.1) is 0 Å². The maximum absolute atomic E-state index is 5.50. The molecule has 0 aromatic rings. The van der Waals surface area contributed by atoms with Crippen LogP contribution in [0.1, 0.15) is 65.2 Å². The molecule has 0 aliphatic carbocycles. The first-order valence-electron chi connectivity index (χ1n) is 8.49. The van der Waals surface area contributed by atoms with E-state index >= 15 is 0 Å². The molecule has 2 aliphatic heterocycles. The lowest BCUT2D eigenvalue weighted by Gasteiger charge is -2.09.